The highest BCUT2D eigenvalue weighted by atomic mass is 16.5. The van der Waals surface area contributed by atoms with E-state index in [9.17, 15) is 14.7 Å². The minimum Gasteiger partial charge on any atom is -0.503 e. The van der Waals surface area contributed by atoms with Gasteiger partial charge in [-0.3, -0.25) is 9.59 Å². The average molecular weight is 250 g/mol. The summed E-state index contributed by atoms with van der Waals surface area (Å²) >= 11 is 0. The minimum atomic E-state index is -0.528. The molecule has 1 amide bonds. The number of aromatic hydroxyl groups is 1. The van der Waals surface area contributed by atoms with Gasteiger partial charge in [0.2, 0.25) is 5.43 Å². The Morgan fingerprint density at radius 1 is 1.44 bits per heavy atom. The summed E-state index contributed by atoms with van der Waals surface area (Å²) in [4.78, 5) is 25.2. The number of rotatable bonds is 0. The first kappa shape index (κ1) is 11.3. The number of fused-ring (bicyclic) bond motifs is 2. The molecule has 6 nitrogen and oxygen atoms in total. The van der Waals surface area contributed by atoms with Crippen molar-refractivity contribution in [3.8, 4) is 5.75 Å². The van der Waals surface area contributed by atoms with E-state index in [1.54, 1.807) is 9.47 Å². The van der Waals surface area contributed by atoms with Crippen LogP contribution in [0.15, 0.2) is 17.1 Å². The van der Waals surface area contributed by atoms with Gasteiger partial charge in [0.1, 0.15) is 0 Å². The van der Waals surface area contributed by atoms with Crippen LogP contribution in [0.3, 0.4) is 0 Å². The Hall–Kier alpha value is -1.82. The fourth-order valence-electron chi connectivity index (χ4n) is 2.49. The number of carbonyl (C=O) groups excluding carboxylic acids is 1. The molecule has 0 saturated carbocycles. The van der Waals surface area contributed by atoms with Crippen LogP contribution in [0, 0.1) is 0 Å². The first-order valence-electron chi connectivity index (χ1n) is 5.97. The third kappa shape index (κ3) is 1.53. The fourth-order valence-corrected chi connectivity index (χ4v) is 2.49. The standard InChI is InChI=1S/C12H14N2O4/c1-7-2-5-14-9(18-7)6-13-4-3-8(15)11(16)10(13)12(14)17/h3-4,7,9,16H,2,5-6H2,1H3/t7-,9+/m1/s1. The van der Waals surface area contributed by atoms with Crippen molar-refractivity contribution in [1.82, 2.24) is 9.47 Å². The van der Waals surface area contributed by atoms with E-state index >= 15 is 0 Å². The zero-order valence-electron chi connectivity index (χ0n) is 10.00. The summed E-state index contributed by atoms with van der Waals surface area (Å²) in [7, 11) is 0. The van der Waals surface area contributed by atoms with Crippen LogP contribution >= 0.6 is 0 Å². The zero-order chi connectivity index (χ0) is 12.9. The monoisotopic (exact) mass is 250 g/mol. The SMILES string of the molecule is C[C@@H]1CCN2C(=O)c3c(O)c(=O)ccn3C[C@@H]2O1. The van der Waals surface area contributed by atoms with Crippen LogP contribution in [0.4, 0.5) is 0 Å². The molecule has 2 aliphatic heterocycles. The Labute approximate surface area is 103 Å². The molecule has 3 rings (SSSR count). The average Bonchev–Trinajstić information content (AvgIpc) is 2.33. The van der Waals surface area contributed by atoms with Crippen molar-refractivity contribution in [3.63, 3.8) is 0 Å². The fraction of sp³-hybridized carbons (Fsp3) is 0.500. The van der Waals surface area contributed by atoms with Gasteiger partial charge in [0.15, 0.2) is 17.7 Å². The van der Waals surface area contributed by atoms with Crippen LogP contribution in [0.2, 0.25) is 0 Å². The van der Waals surface area contributed by atoms with Crippen molar-refractivity contribution in [2.45, 2.75) is 32.2 Å². The Morgan fingerprint density at radius 3 is 3.00 bits per heavy atom. The quantitative estimate of drug-likeness (QED) is 0.711. The highest BCUT2D eigenvalue weighted by molar-refractivity contribution is 5.95. The van der Waals surface area contributed by atoms with E-state index in [0.717, 1.165) is 6.42 Å². The second kappa shape index (κ2) is 3.84. The lowest BCUT2D eigenvalue weighted by Gasteiger charge is -2.42. The van der Waals surface area contributed by atoms with Gasteiger partial charge in [0, 0.05) is 18.8 Å². The molecule has 1 aromatic rings. The Bertz CT molecular complexity index is 566. The third-order valence-corrected chi connectivity index (χ3v) is 3.48. The van der Waals surface area contributed by atoms with Crippen molar-refractivity contribution in [3.05, 3.63) is 28.2 Å². The Balaban J connectivity index is 2.08. The van der Waals surface area contributed by atoms with Crippen molar-refractivity contribution in [1.29, 1.82) is 0 Å². The summed E-state index contributed by atoms with van der Waals surface area (Å²) < 4.78 is 7.29. The Morgan fingerprint density at radius 2 is 2.22 bits per heavy atom. The summed E-state index contributed by atoms with van der Waals surface area (Å²) in [5.74, 6) is -0.812. The second-order valence-corrected chi connectivity index (χ2v) is 4.72. The topological polar surface area (TPSA) is 71.8 Å². The highest BCUT2D eigenvalue weighted by Crippen LogP contribution is 2.27. The molecule has 18 heavy (non-hydrogen) atoms. The van der Waals surface area contributed by atoms with Gasteiger partial charge in [-0.25, -0.2) is 0 Å². The molecule has 6 heteroatoms. The maximum Gasteiger partial charge on any atom is 0.276 e. The maximum atomic E-state index is 12.3. The molecule has 1 fully saturated rings. The van der Waals surface area contributed by atoms with Crippen molar-refractivity contribution < 1.29 is 14.6 Å². The lowest BCUT2D eigenvalue weighted by molar-refractivity contribution is -0.127. The largest absolute Gasteiger partial charge is 0.503 e. The lowest BCUT2D eigenvalue weighted by Crippen LogP contribution is -2.54. The van der Waals surface area contributed by atoms with Crippen LogP contribution < -0.4 is 5.43 Å². The van der Waals surface area contributed by atoms with Gasteiger partial charge in [0.25, 0.3) is 5.91 Å². The summed E-state index contributed by atoms with van der Waals surface area (Å²) in [6.45, 7) is 3.01. The van der Waals surface area contributed by atoms with Crippen LogP contribution in [0.25, 0.3) is 0 Å². The van der Waals surface area contributed by atoms with Gasteiger partial charge >= 0.3 is 0 Å². The molecule has 1 N–H and O–H groups in total. The van der Waals surface area contributed by atoms with E-state index in [1.165, 1.54) is 12.3 Å². The molecule has 0 spiro atoms. The smallest absolute Gasteiger partial charge is 0.276 e. The molecule has 3 heterocycles. The van der Waals surface area contributed by atoms with Gasteiger partial charge in [-0.2, -0.15) is 0 Å². The van der Waals surface area contributed by atoms with Gasteiger partial charge in [0.05, 0.1) is 12.6 Å². The number of hydrogen-bond donors (Lipinski definition) is 1. The van der Waals surface area contributed by atoms with Gasteiger partial charge in [-0.15, -0.1) is 0 Å². The van der Waals surface area contributed by atoms with E-state index in [1.807, 2.05) is 6.92 Å². The number of nitrogens with zero attached hydrogens (tertiary/aromatic N) is 2. The van der Waals surface area contributed by atoms with Crippen molar-refractivity contribution in [2.75, 3.05) is 6.54 Å². The zero-order valence-corrected chi connectivity index (χ0v) is 10.00. The predicted octanol–water partition coefficient (Wildman–Crippen LogP) is 0.145. The number of hydrogen-bond acceptors (Lipinski definition) is 4. The second-order valence-electron chi connectivity index (χ2n) is 4.72. The lowest BCUT2D eigenvalue weighted by atomic mass is 10.1. The summed E-state index contributed by atoms with van der Waals surface area (Å²) in [5, 5.41) is 9.73. The molecule has 1 saturated heterocycles. The predicted molar refractivity (Wildman–Crippen MR) is 62.4 cm³/mol. The number of ether oxygens (including phenoxy) is 1. The maximum absolute atomic E-state index is 12.3. The van der Waals surface area contributed by atoms with E-state index < -0.39 is 11.2 Å². The summed E-state index contributed by atoms with van der Waals surface area (Å²) in [5.41, 5.74) is -0.462. The van der Waals surface area contributed by atoms with E-state index in [4.69, 9.17) is 4.74 Å². The van der Waals surface area contributed by atoms with Crippen LogP contribution in [0.1, 0.15) is 23.8 Å². The molecule has 96 valence electrons. The Kier molecular flexibility index (Phi) is 2.41. The van der Waals surface area contributed by atoms with Gasteiger partial charge < -0.3 is 19.3 Å². The molecule has 0 aliphatic carbocycles. The minimum absolute atomic E-state index is 0.0666. The van der Waals surface area contributed by atoms with E-state index in [-0.39, 0.29) is 23.9 Å². The molecule has 0 bridgehead atoms. The number of amides is 1. The van der Waals surface area contributed by atoms with Gasteiger partial charge in [-0.05, 0) is 13.3 Å². The molecular weight excluding hydrogens is 236 g/mol. The van der Waals surface area contributed by atoms with Crippen molar-refractivity contribution >= 4 is 5.91 Å². The number of pyridine rings is 1. The molecule has 2 atom stereocenters. The normalized spacial score (nSPS) is 26.7. The summed E-state index contributed by atoms with van der Waals surface area (Å²) in [6.07, 6.45) is 2.10. The van der Waals surface area contributed by atoms with Crippen molar-refractivity contribution in [2.24, 2.45) is 0 Å². The molecule has 0 radical (unpaired) electrons. The molecule has 0 aromatic carbocycles. The molecular formula is C12H14N2O4. The van der Waals surface area contributed by atoms with Gasteiger partial charge in [-0.1, -0.05) is 0 Å². The van der Waals surface area contributed by atoms with Crippen LogP contribution in [-0.2, 0) is 11.3 Å². The van der Waals surface area contributed by atoms with E-state index in [2.05, 4.69) is 0 Å². The first-order valence-corrected chi connectivity index (χ1v) is 5.97. The molecule has 2 aliphatic rings. The van der Waals surface area contributed by atoms with Crippen LogP contribution in [-0.4, -0.2) is 39.4 Å². The molecule has 1 aromatic heterocycles. The first-order chi connectivity index (χ1) is 8.58. The number of aromatic nitrogens is 1. The third-order valence-electron chi connectivity index (χ3n) is 3.48. The summed E-state index contributed by atoms with van der Waals surface area (Å²) in [6, 6.07) is 1.26. The molecule has 0 unspecified atom stereocenters. The highest BCUT2D eigenvalue weighted by Gasteiger charge is 2.38. The van der Waals surface area contributed by atoms with Crippen LogP contribution in [0.5, 0.6) is 5.75 Å². The number of carbonyl (C=O) groups is 1. The van der Waals surface area contributed by atoms with E-state index in [0.29, 0.717) is 13.1 Å².